The molecule has 2 saturated carbocycles. The maximum Gasteiger partial charge on any atom is -0.0241 e. The zero-order valence-corrected chi connectivity index (χ0v) is 12.9. The van der Waals surface area contributed by atoms with Gasteiger partial charge in [-0.25, -0.2) is 0 Å². The van der Waals surface area contributed by atoms with Crippen LogP contribution in [-0.4, -0.2) is 0 Å². The van der Waals surface area contributed by atoms with Crippen LogP contribution in [0.3, 0.4) is 0 Å². The van der Waals surface area contributed by atoms with Gasteiger partial charge in [-0.3, -0.25) is 0 Å². The summed E-state index contributed by atoms with van der Waals surface area (Å²) in [5, 5.41) is 0. The average Bonchev–Trinajstić information content (AvgIpc) is 2.43. The fourth-order valence-corrected chi connectivity index (χ4v) is 5.22. The topological polar surface area (TPSA) is 0 Å². The van der Waals surface area contributed by atoms with Gasteiger partial charge in [-0.1, -0.05) is 65.2 Å². The molecule has 2 rings (SSSR count). The molecule has 0 aromatic carbocycles. The molecule has 0 nitrogen and oxygen atoms in total. The predicted octanol–water partition coefficient (Wildman–Crippen LogP) is 6.49. The summed E-state index contributed by atoms with van der Waals surface area (Å²) in [6.07, 6.45) is 21.2. The maximum absolute atomic E-state index is 2.37. The highest BCUT2D eigenvalue weighted by Gasteiger charge is 2.51. The predicted molar refractivity (Wildman–Crippen MR) is 80.9 cm³/mol. The zero-order valence-electron chi connectivity index (χ0n) is 12.9. The van der Waals surface area contributed by atoms with E-state index in [1.165, 1.54) is 51.4 Å². The Morgan fingerprint density at radius 1 is 0.611 bits per heavy atom. The van der Waals surface area contributed by atoms with Crippen molar-refractivity contribution in [1.82, 2.24) is 0 Å². The van der Waals surface area contributed by atoms with Gasteiger partial charge >= 0.3 is 0 Å². The van der Waals surface area contributed by atoms with E-state index in [0.717, 1.165) is 10.8 Å². The molecule has 106 valence electrons. The lowest BCUT2D eigenvalue weighted by molar-refractivity contribution is -0.0712. The fourth-order valence-electron chi connectivity index (χ4n) is 5.22. The van der Waals surface area contributed by atoms with Gasteiger partial charge in [0.1, 0.15) is 0 Å². The van der Waals surface area contributed by atoms with Crippen LogP contribution < -0.4 is 0 Å². The van der Waals surface area contributed by atoms with Gasteiger partial charge < -0.3 is 0 Å². The Balaban J connectivity index is 2.16. The quantitative estimate of drug-likeness (QED) is 0.505. The summed E-state index contributed by atoms with van der Waals surface area (Å²) in [5.74, 6) is 0. The first kappa shape index (κ1) is 14.4. The molecule has 0 aliphatic heterocycles. The minimum atomic E-state index is 0.772. The number of rotatable bonds is 6. The molecule has 18 heavy (non-hydrogen) atoms. The van der Waals surface area contributed by atoms with Crippen LogP contribution in [0.15, 0.2) is 0 Å². The molecule has 0 N–H and O–H groups in total. The van der Waals surface area contributed by atoms with Gasteiger partial charge in [0, 0.05) is 0 Å². The molecule has 0 spiro atoms. The largest absolute Gasteiger partial charge is 0.0654 e. The summed E-state index contributed by atoms with van der Waals surface area (Å²) in [4.78, 5) is 0. The minimum absolute atomic E-state index is 0.772. The first-order valence-corrected chi connectivity index (χ1v) is 8.79. The molecule has 0 heterocycles. The molecule has 2 aliphatic carbocycles. The summed E-state index contributed by atoms with van der Waals surface area (Å²) in [6, 6.07) is 0. The van der Waals surface area contributed by atoms with Crippen molar-refractivity contribution >= 4 is 0 Å². The summed E-state index contributed by atoms with van der Waals surface area (Å²) < 4.78 is 0. The van der Waals surface area contributed by atoms with Crippen LogP contribution in [0.2, 0.25) is 0 Å². The van der Waals surface area contributed by atoms with E-state index in [9.17, 15) is 0 Å². The number of unbranched alkanes of at least 4 members (excludes halogenated alkanes) is 2. The standard InChI is InChI=1S/C18H34/c1-3-5-11-17-13-7-9-15-18(17,12-6-4-2)16-10-8-14-17/h3-16H2,1-2H3. The van der Waals surface area contributed by atoms with Gasteiger partial charge in [-0.2, -0.15) is 0 Å². The lowest BCUT2D eigenvalue weighted by Gasteiger charge is -2.58. The molecule has 0 bridgehead atoms. The molecule has 0 saturated heterocycles. The smallest absolute Gasteiger partial charge is 0.0241 e. The fraction of sp³-hybridized carbons (Fsp3) is 1.00. The number of hydrogen-bond donors (Lipinski definition) is 0. The Labute approximate surface area is 115 Å². The molecule has 0 radical (unpaired) electrons. The van der Waals surface area contributed by atoms with E-state index in [0.29, 0.717) is 0 Å². The molecule has 2 aliphatic rings. The third kappa shape index (κ3) is 2.63. The second kappa shape index (κ2) is 6.44. The van der Waals surface area contributed by atoms with Crippen LogP contribution in [0, 0.1) is 10.8 Å². The molecular weight excluding hydrogens is 216 g/mol. The SMILES string of the molecule is CCCCC12CCCCC1(CCCC)CCCC2. The van der Waals surface area contributed by atoms with Crippen molar-refractivity contribution in [3.05, 3.63) is 0 Å². The average molecular weight is 250 g/mol. The molecule has 0 unspecified atom stereocenters. The normalized spacial score (nSPS) is 36.3. The van der Waals surface area contributed by atoms with Gasteiger partial charge in [0.2, 0.25) is 0 Å². The highest BCUT2D eigenvalue weighted by molar-refractivity contribution is 5.02. The Hall–Kier alpha value is 0. The Morgan fingerprint density at radius 2 is 0.944 bits per heavy atom. The molecule has 0 aromatic rings. The molecule has 0 amide bonds. The van der Waals surface area contributed by atoms with Crippen molar-refractivity contribution in [2.24, 2.45) is 10.8 Å². The van der Waals surface area contributed by atoms with E-state index in [-0.39, 0.29) is 0 Å². The van der Waals surface area contributed by atoms with Crippen LogP contribution in [0.1, 0.15) is 104 Å². The summed E-state index contributed by atoms with van der Waals surface area (Å²) in [6.45, 7) is 4.74. The van der Waals surface area contributed by atoms with Crippen LogP contribution >= 0.6 is 0 Å². The minimum Gasteiger partial charge on any atom is -0.0654 e. The van der Waals surface area contributed by atoms with Crippen molar-refractivity contribution in [3.63, 3.8) is 0 Å². The van der Waals surface area contributed by atoms with Crippen LogP contribution in [-0.2, 0) is 0 Å². The van der Waals surface area contributed by atoms with Crippen molar-refractivity contribution in [2.75, 3.05) is 0 Å². The zero-order chi connectivity index (χ0) is 12.9. The van der Waals surface area contributed by atoms with E-state index in [1.807, 2.05) is 0 Å². The van der Waals surface area contributed by atoms with Crippen molar-refractivity contribution in [1.29, 1.82) is 0 Å². The van der Waals surface area contributed by atoms with Gasteiger partial charge in [0.05, 0.1) is 0 Å². The number of fused-ring (bicyclic) bond motifs is 1. The summed E-state index contributed by atoms with van der Waals surface area (Å²) in [7, 11) is 0. The monoisotopic (exact) mass is 250 g/mol. The Bertz CT molecular complexity index is 202. The van der Waals surface area contributed by atoms with Gasteiger partial charge in [0.25, 0.3) is 0 Å². The number of hydrogen-bond acceptors (Lipinski definition) is 0. The lowest BCUT2D eigenvalue weighted by atomic mass is 9.47. The van der Waals surface area contributed by atoms with E-state index in [4.69, 9.17) is 0 Å². The maximum atomic E-state index is 2.37. The third-order valence-electron chi connectivity index (χ3n) is 6.26. The Kier molecular flexibility index (Phi) is 5.15. The van der Waals surface area contributed by atoms with Gasteiger partial charge in [-0.15, -0.1) is 0 Å². The van der Waals surface area contributed by atoms with E-state index in [1.54, 1.807) is 38.5 Å². The van der Waals surface area contributed by atoms with Crippen LogP contribution in [0.5, 0.6) is 0 Å². The van der Waals surface area contributed by atoms with Crippen molar-refractivity contribution in [3.8, 4) is 0 Å². The Morgan fingerprint density at radius 3 is 1.22 bits per heavy atom. The van der Waals surface area contributed by atoms with Gasteiger partial charge in [0.15, 0.2) is 0 Å². The van der Waals surface area contributed by atoms with Crippen molar-refractivity contribution in [2.45, 2.75) is 104 Å². The molecule has 0 aromatic heterocycles. The molecule has 2 fully saturated rings. The summed E-state index contributed by atoms with van der Waals surface area (Å²) in [5.41, 5.74) is 1.54. The van der Waals surface area contributed by atoms with E-state index < -0.39 is 0 Å². The molecular formula is C18H34. The van der Waals surface area contributed by atoms with Gasteiger partial charge in [-0.05, 0) is 49.4 Å². The first-order chi connectivity index (χ1) is 8.79. The molecule has 0 atom stereocenters. The second-order valence-corrected chi connectivity index (χ2v) is 7.18. The highest BCUT2D eigenvalue weighted by Crippen LogP contribution is 2.63. The van der Waals surface area contributed by atoms with E-state index >= 15 is 0 Å². The third-order valence-corrected chi connectivity index (χ3v) is 6.26. The van der Waals surface area contributed by atoms with Crippen LogP contribution in [0.4, 0.5) is 0 Å². The highest BCUT2D eigenvalue weighted by atomic mass is 14.6. The first-order valence-electron chi connectivity index (χ1n) is 8.79. The summed E-state index contributed by atoms with van der Waals surface area (Å²) >= 11 is 0. The van der Waals surface area contributed by atoms with E-state index in [2.05, 4.69) is 13.8 Å². The lowest BCUT2D eigenvalue weighted by Crippen LogP contribution is -2.47. The van der Waals surface area contributed by atoms with Crippen LogP contribution in [0.25, 0.3) is 0 Å². The second-order valence-electron chi connectivity index (χ2n) is 7.18. The molecule has 0 heteroatoms. The van der Waals surface area contributed by atoms with Crippen molar-refractivity contribution < 1.29 is 0 Å².